The summed E-state index contributed by atoms with van der Waals surface area (Å²) in [5.41, 5.74) is 2.16. The molecule has 0 amide bonds. The molecular formula is C10H18F2N2O3. The lowest BCUT2D eigenvalue weighted by Crippen LogP contribution is -2.50. The molecule has 7 heteroatoms. The fourth-order valence-corrected chi connectivity index (χ4v) is 1.77. The summed E-state index contributed by atoms with van der Waals surface area (Å²) in [6, 6.07) is 0.0657. The summed E-state index contributed by atoms with van der Waals surface area (Å²) in [5, 5.41) is 8.19. The van der Waals surface area contributed by atoms with Crippen LogP contribution < -0.4 is 5.48 Å². The van der Waals surface area contributed by atoms with Crippen LogP contribution in [-0.2, 0) is 9.63 Å². The molecule has 0 aromatic rings. The number of nitrogens with zero attached hydrogens (tertiary/aromatic N) is 1. The maximum atomic E-state index is 12.7. The Balaban J connectivity index is 2.39. The highest BCUT2D eigenvalue weighted by Gasteiger charge is 2.42. The van der Waals surface area contributed by atoms with Gasteiger partial charge in [-0.15, -0.1) is 0 Å². The molecule has 1 rings (SSSR count). The second kappa shape index (κ2) is 5.70. The zero-order chi connectivity index (χ0) is 13.1. The number of hydroxylamine groups is 1. The van der Waals surface area contributed by atoms with Gasteiger partial charge in [-0.05, 0) is 33.2 Å². The molecule has 17 heavy (non-hydrogen) atoms. The first kappa shape index (κ1) is 14.3. The second-order valence-electron chi connectivity index (χ2n) is 4.47. The molecule has 1 atom stereocenters. The van der Waals surface area contributed by atoms with E-state index in [1.807, 2.05) is 13.8 Å². The van der Waals surface area contributed by atoms with Crippen molar-refractivity contribution in [2.75, 3.05) is 13.1 Å². The summed E-state index contributed by atoms with van der Waals surface area (Å²) in [5.74, 6) is -2.29. The van der Waals surface area contributed by atoms with Gasteiger partial charge in [0.1, 0.15) is 0 Å². The zero-order valence-corrected chi connectivity index (χ0v) is 9.95. The van der Waals surface area contributed by atoms with Gasteiger partial charge in [-0.1, -0.05) is 0 Å². The van der Waals surface area contributed by atoms with Crippen molar-refractivity contribution in [3.8, 4) is 0 Å². The van der Waals surface area contributed by atoms with Crippen molar-refractivity contribution in [3.05, 3.63) is 0 Å². The smallest absolute Gasteiger partial charge is 0.471 e. The largest absolute Gasteiger partial charge is 0.475 e. The summed E-state index contributed by atoms with van der Waals surface area (Å²) in [6.45, 7) is 5.54. The van der Waals surface area contributed by atoms with Crippen molar-refractivity contribution in [3.63, 3.8) is 0 Å². The topological polar surface area (TPSA) is 61.8 Å². The summed E-state index contributed by atoms with van der Waals surface area (Å²) < 4.78 is 25.3. The number of hydrogen-bond donors (Lipinski definition) is 2. The summed E-state index contributed by atoms with van der Waals surface area (Å²) in [7, 11) is 0. The van der Waals surface area contributed by atoms with Gasteiger partial charge in [0.25, 0.3) is 0 Å². The van der Waals surface area contributed by atoms with Crippen molar-refractivity contribution in [1.82, 2.24) is 10.4 Å². The second-order valence-corrected chi connectivity index (χ2v) is 4.47. The first-order valence-corrected chi connectivity index (χ1v) is 5.61. The Morgan fingerprint density at radius 2 is 2.24 bits per heavy atom. The van der Waals surface area contributed by atoms with Crippen LogP contribution in [0.3, 0.4) is 0 Å². The Morgan fingerprint density at radius 1 is 1.59 bits per heavy atom. The van der Waals surface area contributed by atoms with Gasteiger partial charge in [0, 0.05) is 18.6 Å². The van der Waals surface area contributed by atoms with Gasteiger partial charge in [-0.2, -0.15) is 14.3 Å². The molecule has 5 nitrogen and oxygen atoms in total. The lowest BCUT2D eigenvalue weighted by atomic mass is 10.1. The lowest BCUT2D eigenvalue weighted by molar-refractivity contribution is -0.275. The molecule has 1 unspecified atom stereocenters. The molecule has 1 heterocycles. The van der Waals surface area contributed by atoms with E-state index in [1.54, 1.807) is 0 Å². The number of piperidine rings is 1. The Bertz CT molecular complexity index is 274. The van der Waals surface area contributed by atoms with E-state index in [0.717, 1.165) is 13.0 Å². The number of carboxylic acid groups (broad SMARTS) is 1. The van der Waals surface area contributed by atoms with E-state index in [0.29, 0.717) is 19.0 Å². The van der Waals surface area contributed by atoms with Crippen LogP contribution in [0.2, 0.25) is 0 Å². The van der Waals surface area contributed by atoms with Gasteiger partial charge < -0.3 is 5.11 Å². The van der Waals surface area contributed by atoms with Crippen molar-refractivity contribution in [2.45, 2.75) is 44.9 Å². The standard InChI is InChI=1S/C10H18F2N2O3/c1-7(2)14-5-3-4-8(6-14)13-17-10(11,12)9(15)16/h7-8,13H,3-6H2,1-2H3,(H,15,16). The molecule has 0 aliphatic carbocycles. The highest BCUT2D eigenvalue weighted by Crippen LogP contribution is 2.17. The van der Waals surface area contributed by atoms with Crippen LogP contribution in [0.4, 0.5) is 8.78 Å². The van der Waals surface area contributed by atoms with E-state index < -0.39 is 12.1 Å². The summed E-state index contributed by atoms with van der Waals surface area (Å²) in [6.07, 6.45) is -2.61. The number of halogens is 2. The maximum absolute atomic E-state index is 12.7. The molecule has 1 aliphatic rings. The van der Waals surface area contributed by atoms with Crippen LogP contribution in [0, 0.1) is 0 Å². The van der Waals surface area contributed by atoms with Gasteiger partial charge in [-0.25, -0.2) is 9.63 Å². The molecule has 2 N–H and O–H groups in total. The number of nitrogens with one attached hydrogen (secondary N) is 1. The molecule has 0 saturated carbocycles. The minimum absolute atomic E-state index is 0.267. The third-order valence-electron chi connectivity index (χ3n) is 2.79. The van der Waals surface area contributed by atoms with E-state index >= 15 is 0 Å². The molecular weight excluding hydrogens is 234 g/mol. The highest BCUT2D eigenvalue weighted by molar-refractivity contribution is 5.73. The molecule has 0 bridgehead atoms. The number of rotatable bonds is 5. The van der Waals surface area contributed by atoms with Crippen LogP contribution in [0.1, 0.15) is 26.7 Å². The zero-order valence-electron chi connectivity index (χ0n) is 9.95. The number of hydrogen-bond acceptors (Lipinski definition) is 4. The third-order valence-corrected chi connectivity index (χ3v) is 2.79. The van der Waals surface area contributed by atoms with Gasteiger partial charge in [-0.3, -0.25) is 4.90 Å². The van der Waals surface area contributed by atoms with Crippen LogP contribution in [0.15, 0.2) is 0 Å². The molecule has 0 spiro atoms. The van der Waals surface area contributed by atoms with Crippen LogP contribution in [0.5, 0.6) is 0 Å². The summed E-state index contributed by atoms with van der Waals surface area (Å²) in [4.78, 5) is 16.2. The SMILES string of the molecule is CC(C)N1CCCC(NOC(F)(F)C(=O)O)C1. The normalized spacial score (nSPS) is 23.0. The maximum Gasteiger partial charge on any atom is 0.471 e. The average Bonchev–Trinajstić information content (AvgIpc) is 2.26. The van der Waals surface area contributed by atoms with Crippen LogP contribution in [0.25, 0.3) is 0 Å². The van der Waals surface area contributed by atoms with E-state index in [2.05, 4.69) is 15.2 Å². The minimum Gasteiger partial charge on any atom is -0.475 e. The van der Waals surface area contributed by atoms with E-state index in [1.165, 1.54) is 0 Å². The first-order valence-electron chi connectivity index (χ1n) is 5.61. The third kappa shape index (κ3) is 4.18. The van der Waals surface area contributed by atoms with E-state index in [9.17, 15) is 13.6 Å². The van der Waals surface area contributed by atoms with Gasteiger partial charge in [0.05, 0.1) is 0 Å². The monoisotopic (exact) mass is 252 g/mol. The number of likely N-dealkylation sites (tertiary alicyclic amines) is 1. The number of carboxylic acids is 1. The molecule has 1 saturated heterocycles. The molecule has 0 aromatic heterocycles. The molecule has 1 aliphatic heterocycles. The molecule has 0 radical (unpaired) electrons. The fraction of sp³-hybridized carbons (Fsp3) is 0.900. The van der Waals surface area contributed by atoms with Crippen LogP contribution in [-0.4, -0.2) is 47.3 Å². The average molecular weight is 252 g/mol. The predicted octanol–water partition coefficient (Wildman–Crippen LogP) is 1.06. The molecule has 0 aromatic carbocycles. The van der Waals surface area contributed by atoms with Crippen molar-refractivity contribution >= 4 is 5.97 Å². The first-order chi connectivity index (χ1) is 7.83. The molecule has 100 valence electrons. The number of alkyl halides is 2. The molecule has 1 fully saturated rings. The van der Waals surface area contributed by atoms with E-state index in [-0.39, 0.29) is 6.04 Å². The van der Waals surface area contributed by atoms with Gasteiger partial charge in [0.2, 0.25) is 0 Å². The Labute approximate surface area is 98.7 Å². The Morgan fingerprint density at radius 3 is 2.76 bits per heavy atom. The fourth-order valence-electron chi connectivity index (χ4n) is 1.77. The van der Waals surface area contributed by atoms with Crippen molar-refractivity contribution < 1.29 is 23.5 Å². The van der Waals surface area contributed by atoms with Crippen molar-refractivity contribution in [2.24, 2.45) is 0 Å². The summed E-state index contributed by atoms with van der Waals surface area (Å²) >= 11 is 0. The Hall–Kier alpha value is -0.790. The van der Waals surface area contributed by atoms with Gasteiger partial charge in [0.15, 0.2) is 0 Å². The predicted molar refractivity (Wildman–Crippen MR) is 56.5 cm³/mol. The van der Waals surface area contributed by atoms with Gasteiger partial charge >= 0.3 is 12.1 Å². The van der Waals surface area contributed by atoms with Crippen molar-refractivity contribution in [1.29, 1.82) is 0 Å². The lowest BCUT2D eigenvalue weighted by Gasteiger charge is -2.35. The quantitative estimate of drug-likeness (QED) is 0.716. The van der Waals surface area contributed by atoms with E-state index in [4.69, 9.17) is 5.11 Å². The minimum atomic E-state index is -4.18. The Kier molecular flexibility index (Phi) is 4.79. The van der Waals surface area contributed by atoms with Crippen LogP contribution >= 0.6 is 0 Å². The number of aliphatic carboxylic acids is 1. The number of carbonyl (C=O) groups is 1. The highest BCUT2D eigenvalue weighted by atomic mass is 19.3.